The number of rotatable bonds is 7. The smallest absolute Gasteiger partial charge is 0.280 e. The van der Waals surface area contributed by atoms with Gasteiger partial charge in [0.2, 0.25) is 5.96 Å². The molecule has 0 radical (unpaired) electrons. The minimum absolute atomic E-state index is 0.0556. The van der Waals surface area contributed by atoms with Crippen molar-refractivity contribution >= 4 is 21.7 Å². The molecule has 9 nitrogen and oxygen atoms in total. The number of nitrogens with one attached hydrogen (secondary N) is 4. The molecule has 3 rings (SSSR count). The van der Waals surface area contributed by atoms with E-state index in [4.69, 9.17) is 4.74 Å². The lowest BCUT2D eigenvalue weighted by molar-refractivity contribution is 0.100. The van der Waals surface area contributed by atoms with Gasteiger partial charge in [0.25, 0.3) is 5.91 Å². The predicted molar refractivity (Wildman–Crippen MR) is 123 cm³/mol. The summed E-state index contributed by atoms with van der Waals surface area (Å²) in [4.78, 5) is 17.0. The number of aliphatic imine (C=N–C) groups is 1. The summed E-state index contributed by atoms with van der Waals surface area (Å²) in [6, 6.07) is 11.7. The van der Waals surface area contributed by atoms with Gasteiger partial charge >= 0.3 is 0 Å². The first-order valence-electron chi connectivity index (χ1n) is 10.4. The van der Waals surface area contributed by atoms with Crippen molar-refractivity contribution in [2.75, 3.05) is 20.0 Å². The van der Waals surface area contributed by atoms with Crippen LogP contribution in [0.2, 0.25) is 0 Å². The monoisotopic (exact) mass is 477 g/mol. The molecule has 1 aliphatic heterocycles. The van der Waals surface area contributed by atoms with Gasteiger partial charge in [0.15, 0.2) is 9.84 Å². The molecule has 33 heavy (non-hydrogen) atoms. The molecular formula is C22H28FN5O4S. The van der Waals surface area contributed by atoms with E-state index in [1.54, 1.807) is 19.2 Å². The van der Waals surface area contributed by atoms with Crippen LogP contribution in [0.15, 0.2) is 58.4 Å². The maximum Gasteiger partial charge on any atom is 0.280 e. The minimum Gasteiger partial charge on any atom is -0.383 e. The van der Waals surface area contributed by atoms with Gasteiger partial charge in [-0.3, -0.25) is 4.79 Å². The van der Waals surface area contributed by atoms with Gasteiger partial charge in [-0.05, 0) is 48.9 Å². The third-order valence-electron chi connectivity index (χ3n) is 5.03. The molecule has 11 heteroatoms. The highest BCUT2D eigenvalue weighted by Crippen LogP contribution is 2.21. The molecule has 1 aliphatic rings. The molecule has 0 bridgehead atoms. The number of hydrogen-bond donors (Lipinski definition) is 4. The number of halogens is 1. The molecule has 1 heterocycles. The summed E-state index contributed by atoms with van der Waals surface area (Å²) in [7, 11) is -1.78. The Bertz CT molecular complexity index is 1090. The quantitative estimate of drug-likeness (QED) is 0.350. The predicted octanol–water partition coefficient (Wildman–Crippen LogP) is 1.50. The van der Waals surface area contributed by atoms with Gasteiger partial charge in [-0.25, -0.2) is 23.7 Å². The van der Waals surface area contributed by atoms with Gasteiger partial charge in [-0.2, -0.15) is 4.99 Å². The van der Waals surface area contributed by atoms with E-state index < -0.39 is 15.7 Å². The van der Waals surface area contributed by atoms with Crippen LogP contribution in [0, 0.1) is 5.82 Å². The van der Waals surface area contributed by atoms with Crippen molar-refractivity contribution in [1.82, 2.24) is 21.5 Å². The molecule has 3 atom stereocenters. The molecule has 0 aromatic heterocycles. The Labute approximate surface area is 192 Å². The van der Waals surface area contributed by atoms with Crippen LogP contribution >= 0.6 is 0 Å². The van der Waals surface area contributed by atoms with Crippen molar-refractivity contribution in [1.29, 1.82) is 0 Å². The normalized spacial score (nSPS) is 19.8. The summed E-state index contributed by atoms with van der Waals surface area (Å²) >= 11 is 0. The zero-order valence-corrected chi connectivity index (χ0v) is 19.4. The molecule has 1 amide bonds. The van der Waals surface area contributed by atoms with E-state index >= 15 is 0 Å². The zero-order valence-electron chi connectivity index (χ0n) is 18.6. The lowest BCUT2D eigenvalue weighted by Gasteiger charge is -2.20. The summed E-state index contributed by atoms with van der Waals surface area (Å²) in [6.45, 7) is 2.28. The molecule has 0 spiro atoms. The van der Waals surface area contributed by atoms with E-state index in [9.17, 15) is 17.6 Å². The second kappa shape index (κ2) is 10.8. The van der Waals surface area contributed by atoms with Crippen LogP contribution in [0.1, 0.15) is 35.3 Å². The van der Waals surface area contributed by atoms with E-state index in [2.05, 4.69) is 26.5 Å². The lowest BCUT2D eigenvalue weighted by Crippen LogP contribution is -2.52. The largest absolute Gasteiger partial charge is 0.383 e. The van der Waals surface area contributed by atoms with Crippen LogP contribution < -0.4 is 21.5 Å². The number of sulfone groups is 1. The van der Waals surface area contributed by atoms with E-state index in [-0.39, 0.29) is 40.5 Å². The molecule has 0 aliphatic carbocycles. The fourth-order valence-corrected chi connectivity index (χ4v) is 4.00. The average Bonchev–Trinajstić information content (AvgIpc) is 3.22. The highest BCUT2D eigenvalue weighted by Gasteiger charge is 2.26. The number of amides is 1. The van der Waals surface area contributed by atoms with Gasteiger partial charge < -0.3 is 15.4 Å². The molecule has 178 valence electrons. The first-order chi connectivity index (χ1) is 15.7. The summed E-state index contributed by atoms with van der Waals surface area (Å²) < 4.78 is 41.6. The number of carbonyl (C=O) groups excluding carboxylic acids is 1. The number of guanidine groups is 1. The first-order valence-corrected chi connectivity index (χ1v) is 12.3. The highest BCUT2D eigenvalue weighted by atomic mass is 32.2. The second-order valence-electron chi connectivity index (χ2n) is 7.89. The van der Waals surface area contributed by atoms with Crippen molar-refractivity contribution in [3.63, 3.8) is 0 Å². The highest BCUT2D eigenvalue weighted by molar-refractivity contribution is 7.90. The molecule has 1 saturated heterocycles. The number of methoxy groups -OCH3 is 1. The molecular weight excluding hydrogens is 449 g/mol. The number of hydrazine groups is 1. The Balaban J connectivity index is 1.73. The fourth-order valence-electron chi connectivity index (χ4n) is 3.37. The lowest BCUT2D eigenvalue weighted by atomic mass is 10.0. The van der Waals surface area contributed by atoms with Crippen LogP contribution in [0.5, 0.6) is 0 Å². The average molecular weight is 478 g/mol. The Morgan fingerprint density at radius 3 is 2.45 bits per heavy atom. The topological polar surface area (TPSA) is 121 Å². The van der Waals surface area contributed by atoms with Crippen LogP contribution in [-0.4, -0.2) is 52.5 Å². The van der Waals surface area contributed by atoms with E-state index in [1.165, 1.54) is 36.4 Å². The molecule has 2 aromatic carbocycles. The zero-order chi connectivity index (χ0) is 24.0. The molecule has 4 N–H and O–H groups in total. The van der Waals surface area contributed by atoms with Crippen LogP contribution in [0.25, 0.3) is 0 Å². The van der Waals surface area contributed by atoms with Crippen LogP contribution in [-0.2, 0) is 14.6 Å². The number of carbonyl (C=O) groups is 1. The Morgan fingerprint density at radius 2 is 1.85 bits per heavy atom. The first kappa shape index (κ1) is 24.8. The van der Waals surface area contributed by atoms with Gasteiger partial charge in [0.05, 0.1) is 17.7 Å². The second-order valence-corrected chi connectivity index (χ2v) is 9.90. The summed E-state index contributed by atoms with van der Waals surface area (Å²) in [5, 5.41) is 6.29. The summed E-state index contributed by atoms with van der Waals surface area (Å²) in [5.74, 6) is -0.584. The van der Waals surface area contributed by atoms with Crippen LogP contribution in [0.3, 0.4) is 0 Å². The molecule has 2 unspecified atom stereocenters. The maximum atomic E-state index is 13.2. The number of ether oxygens (including phenoxy) is 1. The standard InChI is InChI=1S/C22H28FN5O4S/c1-14(13-32-2)24-22(26-21(29)16-6-10-18(11-7-16)33(3,30)31)25-20-12-19(27-28-20)15-4-8-17(23)9-5-15/h4-11,14,19-20,27-28H,12-13H2,1-3H3,(H2,24,25,26,29)/t14-,19?,20?/m0/s1. The van der Waals surface area contributed by atoms with E-state index in [0.29, 0.717) is 13.0 Å². The Morgan fingerprint density at radius 1 is 1.18 bits per heavy atom. The van der Waals surface area contributed by atoms with Crippen molar-refractivity contribution in [3.05, 3.63) is 65.5 Å². The van der Waals surface area contributed by atoms with Gasteiger partial charge in [-0.15, -0.1) is 0 Å². The van der Waals surface area contributed by atoms with Crippen molar-refractivity contribution in [2.45, 2.75) is 36.5 Å². The van der Waals surface area contributed by atoms with Crippen LogP contribution in [0.4, 0.5) is 4.39 Å². The van der Waals surface area contributed by atoms with E-state index in [1.807, 2.05) is 6.92 Å². The van der Waals surface area contributed by atoms with Gasteiger partial charge in [0.1, 0.15) is 5.82 Å². The van der Waals surface area contributed by atoms with Crippen molar-refractivity contribution in [3.8, 4) is 0 Å². The van der Waals surface area contributed by atoms with Gasteiger partial charge in [0, 0.05) is 37.4 Å². The minimum atomic E-state index is -3.36. The van der Waals surface area contributed by atoms with Crippen molar-refractivity contribution in [2.24, 2.45) is 4.99 Å². The molecule has 0 saturated carbocycles. The fraction of sp³-hybridized carbons (Fsp3) is 0.364. The Hall–Kier alpha value is -2.86. The number of hydrogen-bond acceptors (Lipinski definition) is 6. The molecule has 1 fully saturated rings. The number of nitrogens with zero attached hydrogens (tertiary/aromatic N) is 1. The Kier molecular flexibility index (Phi) is 8.14. The van der Waals surface area contributed by atoms with Crippen molar-refractivity contribution < 1.29 is 22.3 Å². The summed E-state index contributed by atoms with van der Waals surface area (Å²) in [6.07, 6.45) is 1.45. The third kappa shape index (κ3) is 7.06. The number of benzene rings is 2. The third-order valence-corrected chi connectivity index (χ3v) is 6.16. The summed E-state index contributed by atoms with van der Waals surface area (Å²) in [5.41, 5.74) is 7.43. The van der Waals surface area contributed by atoms with Gasteiger partial charge in [-0.1, -0.05) is 12.1 Å². The molecule has 2 aromatic rings. The SMILES string of the molecule is COC[C@H](C)N/C(=N/C(=O)c1ccc(S(C)(=O)=O)cc1)NC1CC(c2ccc(F)cc2)NN1. The maximum absolute atomic E-state index is 13.2. The van der Waals surface area contributed by atoms with E-state index in [0.717, 1.165) is 11.8 Å².